The van der Waals surface area contributed by atoms with Crippen LogP contribution in [0.5, 0.6) is 0 Å². The fraction of sp³-hybridized carbons (Fsp3) is 0.444. The number of hydrogen-bond acceptors (Lipinski definition) is 3. The van der Waals surface area contributed by atoms with Gasteiger partial charge in [0.25, 0.3) is 0 Å². The summed E-state index contributed by atoms with van der Waals surface area (Å²) in [6.45, 7) is 2.17. The predicted molar refractivity (Wildman–Crippen MR) is 98.6 cm³/mol. The van der Waals surface area contributed by atoms with Gasteiger partial charge in [0.1, 0.15) is 0 Å². The molecule has 2 fully saturated rings. The van der Waals surface area contributed by atoms with Crippen LogP contribution in [0.15, 0.2) is 36.5 Å². The number of aryl methyl sites for hydroxylation is 1. The van der Waals surface area contributed by atoms with Gasteiger partial charge in [-0.15, -0.1) is 11.3 Å². The van der Waals surface area contributed by atoms with E-state index in [0.717, 1.165) is 10.8 Å². The molecule has 120 valence electrons. The Morgan fingerprint density at radius 3 is 2.70 bits per heavy atom. The van der Waals surface area contributed by atoms with E-state index < -0.39 is 0 Å². The molecule has 0 aromatic carbocycles. The minimum atomic E-state index is 0.141. The van der Waals surface area contributed by atoms with Gasteiger partial charge >= 0.3 is 0 Å². The van der Waals surface area contributed by atoms with Gasteiger partial charge in [0.2, 0.25) is 0 Å². The highest BCUT2D eigenvalue weighted by molar-refractivity contribution is 7.80. The first-order chi connectivity index (χ1) is 11.2. The van der Waals surface area contributed by atoms with Crippen molar-refractivity contribution in [1.82, 2.24) is 15.2 Å². The first-order valence-electron chi connectivity index (χ1n) is 8.30. The molecule has 23 heavy (non-hydrogen) atoms. The molecule has 3 heterocycles. The summed E-state index contributed by atoms with van der Waals surface area (Å²) in [5.41, 5.74) is 1.08. The third-order valence-electron chi connectivity index (χ3n) is 4.91. The first kappa shape index (κ1) is 15.1. The zero-order chi connectivity index (χ0) is 15.8. The fourth-order valence-corrected chi connectivity index (χ4v) is 5.26. The minimum absolute atomic E-state index is 0.141. The molecule has 1 aliphatic carbocycles. The molecule has 0 radical (unpaired) electrons. The van der Waals surface area contributed by atoms with E-state index in [0.29, 0.717) is 6.04 Å². The lowest BCUT2D eigenvalue weighted by Gasteiger charge is -2.32. The standard InChI is InChI=1S/C18H21N3S2/c1-12-9-10-15(23-12)17-16(14-8-4-5-11-19-14)20-18(22)21(17)13-6-2-3-7-13/h4-5,8-11,13,16-17H,2-3,6-7H2,1H3,(H,20,22)/t16-,17-/m0/s1. The molecule has 0 bridgehead atoms. The Bertz CT molecular complexity index is 691. The summed E-state index contributed by atoms with van der Waals surface area (Å²) in [5.74, 6) is 0. The van der Waals surface area contributed by atoms with Gasteiger partial charge in [0.05, 0.1) is 17.8 Å². The highest BCUT2D eigenvalue weighted by Crippen LogP contribution is 2.44. The van der Waals surface area contributed by atoms with Crippen molar-refractivity contribution in [2.45, 2.75) is 50.7 Å². The summed E-state index contributed by atoms with van der Waals surface area (Å²) in [4.78, 5) is 9.80. The number of nitrogens with one attached hydrogen (secondary N) is 1. The highest BCUT2D eigenvalue weighted by Gasteiger charge is 2.44. The fourth-order valence-electron chi connectivity index (χ4n) is 3.86. The van der Waals surface area contributed by atoms with Crippen molar-refractivity contribution in [3.63, 3.8) is 0 Å². The van der Waals surface area contributed by atoms with Crippen LogP contribution in [0.3, 0.4) is 0 Å². The Morgan fingerprint density at radius 2 is 2.04 bits per heavy atom. The van der Waals surface area contributed by atoms with Crippen LogP contribution >= 0.6 is 23.6 Å². The molecule has 4 rings (SSSR count). The topological polar surface area (TPSA) is 28.2 Å². The van der Waals surface area contributed by atoms with E-state index in [1.165, 1.54) is 35.4 Å². The van der Waals surface area contributed by atoms with Crippen molar-refractivity contribution in [2.24, 2.45) is 0 Å². The monoisotopic (exact) mass is 343 g/mol. The lowest BCUT2D eigenvalue weighted by Crippen LogP contribution is -2.37. The molecule has 0 unspecified atom stereocenters. The van der Waals surface area contributed by atoms with Crippen LogP contribution in [0.2, 0.25) is 0 Å². The molecule has 0 spiro atoms. The normalized spacial score (nSPS) is 25.1. The predicted octanol–water partition coefficient (Wildman–Crippen LogP) is 4.37. The van der Waals surface area contributed by atoms with Crippen molar-refractivity contribution in [1.29, 1.82) is 0 Å². The van der Waals surface area contributed by atoms with Gasteiger partial charge in [-0.2, -0.15) is 0 Å². The van der Waals surface area contributed by atoms with Gasteiger partial charge < -0.3 is 10.2 Å². The average molecular weight is 344 g/mol. The lowest BCUT2D eigenvalue weighted by atomic mass is 10.0. The Morgan fingerprint density at radius 1 is 1.22 bits per heavy atom. The molecule has 1 N–H and O–H groups in total. The summed E-state index contributed by atoms with van der Waals surface area (Å²) in [6, 6.07) is 11.6. The molecule has 2 aliphatic rings. The van der Waals surface area contributed by atoms with Crippen LogP contribution in [-0.4, -0.2) is 21.0 Å². The van der Waals surface area contributed by atoms with E-state index >= 15 is 0 Å². The third kappa shape index (κ3) is 2.76. The van der Waals surface area contributed by atoms with Crippen molar-refractivity contribution in [3.8, 4) is 0 Å². The van der Waals surface area contributed by atoms with Crippen molar-refractivity contribution < 1.29 is 0 Å². The average Bonchev–Trinajstić information content (AvgIpc) is 3.27. The first-order valence-corrected chi connectivity index (χ1v) is 9.52. The maximum atomic E-state index is 5.73. The zero-order valence-electron chi connectivity index (χ0n) is 13.2. The minimum Gasteiger partial charge on any atom is -0.352 e. The van der Waals surface area contributed by atoms with Gasteiger partial charge in [-0.05, 0) is 56.2 Å². The van der Waals surface area contributed by atoms with Crippen molar-refractivity contribution in [2.75, 3.05) is 0 Å². The van der Waals surface area contributed by atoms with E-state index in [1.807, 2.05) is 23.6 Å². The SMILES string of the molecule is Cc1ccc([C@H]2[C@H](c3ccccn3)NC(=S)N2C2CCCC2)s1. The van der Waals surface area contributed by atoms with Gasteiger partial charge in [-0.3, -0.25) is 4.98 Å². The summed E-state index contributed by atoms with van der Waals surface area (Å²) in [7, 11) is 0. The lowest BCUT2D eigenvalue weighted by molar-refractivity contribution is 0.249. The zero-order valence-corrected chi connectivity index (χ0v) is 14.9. The number of rotatable bonds is 3. The number of aromatic nitrogens is 1. The van der Waals surface area contributed by atoms with E-state index in [9.17, 15) is 0 Å². The van der Waals surface area contributed by atoms with Crippen LogP contribution < -0.4 is 5.32 Å². The Balaban J connectivity index is 1.75. The van der Waals surface area contributed by atoms with Crippen LogP contribution in [0.25, 0.3) is 0 Å². The molecule has 2 atom stereocenters. The number of nitrogens with zero attached hydrogens (tertiary/aromatic N) is 2. The molecule has 1 aliphatic heterocycles. The Labute approximate surface area is 146 Å². The second-order valence-corrected chi connectivity index (χ2v) is 8.13. The van der Waals surface area contributed by atoms with Gasteiger partial charge in [0, 0.05) is 22.0 Å². The van der Waals surface area contributed by atoms with Gasteiger partial charge in [-0.25, -0.2) is 0 Å². The summed E-state index contributed by atoms with van der Waals surface area (Å²) in [5, 5.41) is 4.45. The van der Waals surface area contributed by atoms with E-state index in [1.54, 1.807) is 0 Å². The van der Waals surface area contributed by atoms with Gasteiger partial charge in [-0.1, -0.05) is 18.9 Å². The molecule has 1 saturated carbocycles. The molecular weight excluding hydrogens is 322 g/mol. The molecule has 0 amide bonds. The van der Waals surface area contributed by atoms with Crippen molar-refractivity contribution >= 4 is 28.7 Å². The molecule has 2 aromatic rings. The third-order valence-corrected chi connectivity index (χ3v) is 6.31. The van der Waals surface area contributed by atoms with Crippen molar-refractivity contribution in [3.05, 3.63) is 52.0 Å². The second-order valence-electron chi connectivity index (χ2n) is 6.42. The van der Waals surface area contributed by atoms with Crippen LogP contribution in [0, 0.1) is 6.92 Å². The second kappa shape index (κ2) is 6.21. The Hall–Kier alpha value is -1.46. The summed E-state index contributed by atoms with van der Waals surface area (Å²) < 4.78 is 0. The number of hydrogen-bond donors (Lipinski definition) is 1. The summed E-state index contributed by atoms with van der Waals surface area (Å²) in [6.07, 6.45) is 6.99. The van der Waals surface area contributed by atoms with Crippen LogP contribution in [0.1, 0.15) is 53.2 Å². The summed E-state index contributed by atoms with van der Waals surface area (Å²) >= 11 is 7.61. The molecule has 5 heteroatoms. The smallest absolute Gasteiger partial charge is 0.170 e. The van der Waals surface area contributed by atoms with E-state index in [2.05, 4.69) is 46.4 Å². The molecule has 1 saturated heterocycles. The van der Waals surface area contributed by atoms with Crippen LogP contribution in [0.4, 0.5) is 0 Å². The molecular formula is C18H21N3S2. The van der Waals surface area contributed by atoms with Crippen LogP contribution in [-0.2, 0) is 0 Å². The maximum absolute atomic E-state index is 5.73. The number of thiocarbonyl (C=S) groups is 1. The molecule has 3 nitrogen and oxygen atoms in total. The molecule has 2 aromatic heterocycles. The van der Waals surface area contributed by atoms with E-state index in [4.69, 9.17) is 12.2 Å². The Kier molecular flexibility index (Phi) is 4.07. The highest BCUT2D eigenvalue weighted by atomic mass is 32.1. The quantitative estimate of drug-likeness (QED) is 0.838. The van der Waals surface area contributed by atoms with E-state index in [-0.39, 0.29) is 12.1 Å². The number of thiophene rings is 1. The largest absolute Gasteiger partial charge is 0.352 e. The maximum Gasteiger partial charge on any atom is 0.170 e. The number of pyridine rings is 1. The van der Waals surface area contributed by atoms with Gasteiger partial charge in [0.15, 0.2) is 5.11 Å².